The molecule has 0 aliphatic carbocycles. The molecule has 0 unspecified atom stereocenters. The fourth-order valence-electron chi connectivity index (χ4n) is 2.45. The normalized spacial score (nSPS) is 10.8. The van der Waals surface area contributed by atoms with Gasteiger partial charge in [-0.15, -0.1) is 0 Å². The van der Waals surface area contributed by atoms with E-state index in [9.17, 15) is 14.9 Å². The van der Waals surface area contributed by atoms with Crippen molar-refractivity contribution < 1.29 is 14.5 Å². The minimum atomic E-state index is -0.508. The van der Waals surface area contributed by atoms with E-state index >= 15 is 0 Å². The smallest absolute Gasteiger partial charge is 0.276 e. The van der Waals surface area contributed by atoms with Gasteiger partial charge in [0.05, 0.1) is 17.0 Å². The van der Waals surface area contributed by atoms with Crippen LogP contribution in [0.1, 0.15) is 23.0 Å². The summed E-state index contributed by atoms with van der Waals surface area (Å²) in [4.78, 5) is 23.0. The van der Waals surface area contributed by atoms with Gasteiger partial charge >= 0.3 is 0 Å². The van der Waals surface area contributed by atoms with Crippen LogP contribution in [0.4, 0.5) is 11.4 Å². The monoisotopic (exact) mass is 340 g/mol. The number of aromatic amines is 1. The first-order chi connectivity index (χ1) is 12.1. The first-order valence-corrected chi connectivity index (χ1v) is 7.69. The molecule has 8 nitrogen and oxygen atoms in total. The van der Waals surface area contributed by atoms with Crippen LogP contribution in [0.2, 0.25) is 0 Å². The molecule has 128 valence electrons. The highest BCUT2D eigenvalue weighted by molar-refractivity contribution is 6.11. The van der Waals surface area contributed by atoms with E-state index in [0.717, 1.165) is 5.56 Å². The Morgan fingerprint density at radius 1 is 1.32 bits per heavy atom. The molecule has 1 amide bonds. The second-order valence-corrected chi connectivity index (χ2v) is 5.31. The number of anilines is 1. The van der Waals surface area contributed by atoms with E-state index in [2.05, 4.69) is 15.5 Å². The number of nitrogens with one attached hydrogen (secondary N) is 2. The zero-order chi connectivity index (χ0) is 17.8. The van der Waals surface area contributed by atoms with Crippen LogP contribution in [0.3, 0.4) is 0 Å². The summed E-state index contributed by atoms with van der Waals surface area (Å²) in [5.41, 5.74) is 2.01. The van der Waals surface area contributed by atoms with Gasteiger partial charge in [0.15, 0.2) is 5.69 Å². The molecule has 1 heterocycles. The lowest BCUT2D eigenvalue weighted by Crippen LogP contribution is -2.14. The van der Waals surface area contributed by atoms with E-state index in [1.54, 1.807) is 12.1 Å². The number of carbonyl (C=O) groups excluding carboxylic acids is 1. The lowest BCUT2D eigenvalue weighted by atomic mass is 10.1. The maximum Gasteiger partial charge on any atom is 0.276 e. The molecule has 2 aromatic carbocycles. The molecule has 0 fully saturated rings. The average Bonchev–Trinajstić information content (AvgIpc) is 3.04. The summed E-state index contributed by atoms with van der Waals surface area (Å²) in [6.45, 7) is 2.83. The van der Waals surface area contributed by atoms with Gasteiger partial charge in [-0.05, 0) is 19.1 Å². The number of nitro benzene ring substituents is 1. The number of para-hydroxylation sites is 1. The molecular formula is C17H16N4O4. The van der Waals surface area contributed by atoms with Crippen LogP contribution in [-0.2, 0) is 11.3 Å². The maximum atomic E-state index is 12.6. The number of benzene rings is 2. The molecule has 0 saturated carbocycles. The third kappa shape index (κ3) is 3.48. The quantitative estimate of drug-likeness (QED) is 0.528. The van der Waals surface area contributed by atoms with Crippen molar-refractivity contribution in [1.29, 1.82) is 0 Å². The fourth-order valence-corrected chi connectivity index (χ4v) is 2.45. The number of fused-ring (bicyclic) bond motifs is 1. The van der Waals surface area contributed by atoms with Gasteiger partial charge in [0.2, 0.25) is 0 Å². The maximum absolute atomic E-state index is 12.6. The molecule has 8 heteroatoms. The number of H-pyrrole nitrogens is 1. The molecule has 0 radical (unpaired) electrons. The molecule has 25 heavy (non-hydrogen) atoms. The molecule has 3 aromatic rings. The standard InChI is InChI=1S/C17H16N4O4/c1-2-25-10-11-5-3-4-6-14(11)18-17(22)16-13-9-12(21(23)24)7-8-15(13)19-20-16/h3-9H,2,10H2,1H3,(H,18,22)(H,19,20). The summed E-state index contributed by atoms with van der Waals surface area (Å²) >= 11 is 0. The number of amides is 1. The molecule has 0 saturated heterocycles. The summed E-state index contributed by atoms with van der Waals surface area (Å²) in [5.74, 6) is -0.448. The molecular weight excluding hydrogens is 324 g/mol. The minimum Gasteiger partial charge on any atom is -0.377 e. The van der Waals surface area contributed by atoms with Gasteiger partial charge in [-0.1, -0.05) is 18.2 Å². The van der Waals surface area contributed by atoms with Crippen molar-refractivity contribution in [3.63, 3.8) is 0 Å². The van der Waals surface area contributed by atoms with Crippen LogP contribution in [0, 0.1) is 10.1 Å². The van der Waals surface area contributed by atoms with Crippen molar-refractivity contribution in [1.82, 2.24) is 10.2 Å². The largest absolute Gasteiger partial charge is 0.377 e. The Bertz CT molecular complexity index is 935. The van der Waals surface area contributed by atoms with Gasteiger partial charge in [-0.3, -0.25) is 20.0 Å². The molecule has 1 aromatic heterocycles. The summed E-state index contributed by atoms with van der Waals surface area (Å²) in [6, 6.07) is 11.5. The van der Waals surface area contributed by atoms with E-state index in [4.69, 9.17) is 4.74 Å². The van der Waals surface area contributed by atoms with Crippen LogP contribution in [-0.4, -0.2) is 27.6 Å². The SMILES string of the molecule is CCOCc1ccccc1NC(=O)c1n[nH]c2ccc([N+](=O)[O-])cc12. The van der Waals surface area contributed by atoms with Crippen molar-refractivity contribution in [2.24, 2.45) is 0 Å². The molecule has 0 spiro atoms. The van der Waals surface area contributed by atoms with Crippen molar-refractivity contribution in [2.75, 3.05) is 11.9 Å². The Kier molecular flexibility index (Phi) is 4.71. The lowest BCUT2D eigenvalue weighted by molar-refractivity contribution is -0.384. The second kappa shape index (κ2) is 7.10. The first kappa shape index (κ1) is 16.6. The topological polar surface area (TPSA) is 110 Å². The Morgan fingerprint density at radius 2 is 2.12 bits per heavy atom. The number of carbonyl (C=O) groups is 1. The molecule has 0 bridgehead atoms. The zero-order valence-corrected chi connectivity index (χ0v) is 13.5. The van der Waals surface area contributed by atoms with Gasteiger partial charge in [-0.25, -0.2) is 0 Å². The van der Waals surface area contributed by atoms with Crippen LogP contribution in [0.25, 0.3) is 10.9 Å². The summed E-state index contributed by atoms with van der Waals surface area (Å²) in [6.07, 6.45) is 0. The van der Waals surface area contributed by atoms with Crippen LogP contribution in [0.5, 0.6) is 0 Å². The zero-order valence-electron chi connectivity index (χ0n) is 13.5. The number of aromatic nitrogens is 2. The second-order valence-electron chi connectivity index (χ2n) is 5.31. The van der Waals surface area contributed by atoms with E-state index in [1.807, 2.05) is 19.1 Å². The van der Waals surface area contributed by atoms with E-state index in [1.165, 1.54) is 18.2 Å². The lowest BCUT2D eigenvalue weighted by Gasteiger charge is -2.10. The molecule has 3 rings (SSSR count). The van der Waals surface area contributed by atoms with E-state index in [-0.39, 0.29) is 11.4 Å². The Morgan fingerprint density at radius 3 is 2.88 bits per heavy atom. The first-order valence-electron chi connectivity index (χ1n) is 7.69. The average molecular weight is 340 g/mol. The van der Waals surface area contributed by atoms with Crippen LogP contribution < -0.4 is 5.32 Å². The number of nitro groups is 1. The summed E-state index contributed by atoms with van der Waals surface area (Å²) in [5, 5.41) is 20.8. The van der Waals surface area contributed by atoms with Crippen molar-refractivity contribution >= 4 is 28.2 Å². The predicted octanol–water partition coefficient (Wildman–Crippen LogP) is 3.26. The summed E-state index contributed by atoms with van der Waals surface area (Å²) < 4.78 is 5.40. The van der Waals surface area contributed by atoms with Crippen molar-refractivity contribution in [2.45, 2.75) is 13.5 Å². The number of ether oxygens (including phenoxy) is 1. The van der Waals surface area contributed by atoms with Crippen molar-refractivity contribution in [3.05, 3.63) is 63.8 Å². The third-order valence-corrected chi connectivity index (χ3v) is 3.70. The van der Waals surface area contributed by atoms with Gasteiger partial charge in [0, 0.05) is 35.4 Å². The predicted molar refractivity (Wildman–Crippen MR) is 92.5 cm³/mol. The molecule has 2 N–H and O–H groups in total. The van der Waals surface area contributed by atoms with Crippen LogP contribution in [0.15, 0.2) is 42.5 Å². The number of non-ortho nitro benzene ring substituents is 1. The summed E-state index contributed by atoms with van der Waals surface area (Å²) in [7, 11) is 0. The van der Waals surface area contributed by atoms with Crippen molar-refractivity contribution in [3.8, 4) is 0 Å². The Labute approximate surface area is 143 Å². The van der Waals surface area contributed by atoms with Gasteiger partial charge < -0.3 is 10.1 Å². The highest BCUT2D eigenvalue weighted by Crippen LogP contribution is 2.23. The third-order valence-electron chi connectivity index (χ3n) is 3.70. The molecule has 0 aliphatic rings. The van der Waals surface area contributed by atoms with E-state index in [0.29, 0.717) is 29.8 Å². The number of hydrogen-bond acceptors (Lipinski definition) is 5. The van der Waals surface area contributed by atoms with Gasteiger partial charge in [0.25, 0.3) is 11.6 Å². The molecule has 0 aliphatic heterocycles. The Hall–Kier alpha value is -3.26. The Balaban J connectivity index is 1.90. The number of rotatable bonds is 6. The van der Waals surface area contributed by atoms with Gasteiger partial charge in [-0.2, -0.15) is 5.10 Å². The van der Waals surface area contributed by atoms with Gasteiger partial charge in [0.1, 0.15) is 0 Å². The fraction of sp³-hybridized carbons (Fsp3) is 0.176. The molecule has 0 atom stereocenters. The number of nitrogens with zero attached hydrogens (tertiary/aromatic N) is 2. The highest BCUT2D eigenvalue weighted by atomic mass is 16.6. The van der Waals surface area contributed by atoms with Crippen LogP contribution >= 0.6 is 0 Å². The van der Waals surface area contributed by atoms with E-state index < -0.39 is 10.8 Å². The highest BCUT2D eigenvalue weighted by Gasteiger charge is 2.18. The minimum absolute atomic E-state index is 0.0975. The number of hydrogen-bond donors (Lipinski definition) is 2.